The summed E-state index contributed by atoms with van der Waals surface area (Å²) in [6.45, 7) is 9.07. The SMILES string of the molecule is C=CC(C)N1CCCC(O)C1C. The molecule has 0 aromatic rings. The van der Waals surface area contributed by atoms with E-state index in [4.69, 9.17) is 0 Å². The molecule has 0 aromatic heterocycles. The van der Waals surface area contributed by atoms with Crippen molar-refractivity contribution in [2.75, 3.05) is 6.54 Å². The maximum atomic E-state index is 9.62. The molecule has 0 amide bonds. The van der Waals surface area contributed by atoms with Gasteiger partial charge in [-0.2, -0.15) is 0 Å². The first-order valence-corrected chi connectivity index (χ1v) is 4.73. The van der Waals surface area contributed by atoms with E-state index in [1.165, 1.54) is 0 Å². The van der Waals surface area contributed by atoms with E-state index in [0.29, 0.717) is 6.04 Å². The summed E-state index contributed by atoms with van der Waals surface area (Å²) in [4.78, 5) is 2.31. The fourth-order valence-electron chi connectivity index (χ4n) is 1.86. The van der Waals surface area contributed by atoms with Gasteiger partial charge in [0.05, 0.1) is 6.10 Å². The Kier molecular flexibility index (Phi) is 3.29. The first-order valence-electron chi connectivity index (χ1n) is 4.73. The van der Waals surface area contributed by atoms with Crippen molar-refractivity contribution < 1.29 is 5.11 Å². The van der Waals surface area contributed by atoms with Crippen molar-refractivity contribution in [3.63, 3.8) is 0 Å². The maximum absolute atomic E-state index is 9.62. The lowest BCUT2D eigenvalue weighted by molar-refractivity contribution is 0.00960. The zero-order valence-corrected chi connectivity index (χ0v) is 8.03. The highest BCUT2D eigenvalue weighted by molar-refractivity contribution is 4.91. The van der Waals surface area contributed by atoms with E-state index in [2.05, 4.69) is 25.3 Å². The van der Waals surface area contributed by atoms with Crippen LogP contribution in [0, 0.1) is 0 Å². The Labute approximate surface area is 74.9 Å². The summed E-state index contributed by atoms with van der Waals surface area (Å²) >= 11 is 0. The third-order valence-corrected chi connectivity index (χ3v) is 2.86. The van der Waals surface area contributed by atoms with Gasteiger partial charge in [0.2, 0.25) is 0 Å². The number of aliphatic hydroxyl groups is 1. The first-order chi connectivity index (χ1) is 5.66. The van der Waals surface area contributed by atoms with E-state index in [0.717, 1.165) is 19.4 Å². The Hall–Kier alpha value is -0.340. The third-order valence-electron chi connectivity index (χ3n) is 2.86. The monoisotopic (exact) mass is 169 g/mol. The topological polar surface area (TPSA) is 23.5 Å². The van der Waals surface area contributed by atoms with Crippen molar-refractivity contribution in [3.05, 3.63) is 12.7 Å². The summed E-state index contributed by atoms with van der Waals surface area (Å²) in [7, 11) is 0. The smallest absolute Gasteiger partial charge is 0.0693 e. The molecule has 0 bridgehead atoms. The van der Waals surface area contributed by atoms with Crippen LogP contribution in [0.3, 0.4) is 0 Å². The van der Waals surface area contributed by atoms with E-state index in [1.54, 1.807) is 0 Å². The molecule has 1 rings (SSSR count). The molecule has 1 heterocycles. The van der Waals surface area contributed by atoms with E-state index >= 15 is 0 Å². The average molecular weight is 169 g/mol. The van der Waals surface area contributed by atoms with E-state index < -0.39 is 0 Å². The Bertz CT molecular complexity index is 158. The molecule has 1 fully saturated rings. The minimum Gasteiger partial charge on any atom is -0.392 e. The lowest BCUT2D eigenvalue weighted by Gasteiger charge is -2.39. The van der Waals surface area contributed by atoms with Crippen LogP contribution in [0.2, 0.25) is 0 Å². The highest BCUT2D eigenvalue weighted by atomic mass is 16.3. The number of hydrogen-bond acceptors (Lipinski definition) is 2. The van der Waals surface area contributed by atoms with E-state index in [-0.39, 0.29) is 12.1 Å². The molecule has 0 aliphatic carbocycles. The molecule has 1 N–H and O–H groups in total. The maximum Gasteiger partial charge on any atom is 0.0693 e. The molecule has 3 unspecified atom stereocenters. The summed E-state index contributed by atoms with van der Waals surface area (Å²) in [5.74, 6) is 0. The van der Waals surface area contributed by atoms with Gasteiger partial charge in [0.15, 0.2) is 0 Å². The molecular weight excluding hydrogens is 150 g/mol. The van der Waals surface area contributed by atoms with Crippen molar-refractivity contribution in [3.8, 4) is 0 Å². The Morgan fingerprint density at radius 2 is 2.33 bits per heavy atom. The van der Waals surface area contributed by atoms with Gasteiger partial charge in [-0.05, 0) is 33.2 Å². The summed E-state index contributed by atoms with van der Waals surface area (Å²) < 4.78 is 0. The molecule has 0 aromatic carbocycles. The molecule has 1 aliphatic rings. The number of rotatable bonds is 2. The van der Waals surface area contributed by atoms with Crippen molar-refractivity contribution in [2.45, 2.75) is 44.9 Å². The van der Waals surface area contributed by atoms with Crippen molar-refractivity contribution in [1.82, 2.24) is 4.90 Å². The van der Waals surface area contributed by atoms with Crippen LogP contribution in [0.1, 0.15) is 26.7 Å². The van der Waals surface area contributed by atoms with Gasteiger partial charge in [-0.15, -0.1) is 6.58 Å². The highest BCUT2D eigenvalue weighted by Gasteiger charge is 2.27. The van der Waals surface area contributed by atoms with Crippen LogP contribution in [0.5, 0.6) is 0 Å². The minimum atomic E-state index is -0.152. The summed E-state index contributed by atoms with van der Waals surface area (Å²) in [6, 6.07) is 0.668. The molecule has 1 saturated heterocycles. The number of nitrogens with zero attached hydrogens (tertiary/aromatic N) is 1. The Morgan fingerprint density at radius 1 is 1.67 bits per heavy atom. The number of piperidine rings is 1. The molecule has 2 heteroatoms. The van der Waals surface area contributed by atoms with Crippen LogP contribution in [-0.2, 0) is 0 Å². The lowest BCUT2D eigenvalue weighted by Crippen LogP contribution is -2.49. The van der Waals surface area contributed by atoms with Crippen LogP contribution in [-0.4, -0.2) is 34.7 Å². The largest absolute Gasteiger partial charge is 0.392 e. The first kappa shape index (κ1) is 9.75. The normalized spacial score (nSPS) is 34.6. The van der Waals surface area contributed by atoms with Crippen molar-refractivity contribution in [1.29, 1.82) is 0 Å². The number of likely N-dealkylation sites (tertiary alicyclic amines) is 1. The second kappa shape index (κ2) is 4.06. The fraction of sp³-hybridized carbons (Fsp3) is 0.800. The number of aliphatic hydroxyl groups excluding tert-OH is 1. The second-order valence-electron chi connectivity index (χ2n) is 3.66. The van der Waals surface area contributed by atoms with Crippen LogP contribution < -0.4 is 0 Å². The predicted molar refractivity (Wildman–Crippen MR) is 51.1 cm³/mol. The third kappa shape index (κ3) is 1.87. The fourth-order valence-corrected chi connectivity index (χ4v) is 1.86. The average Bonchev–Trinajstić information content (AvgIpc) is 2.08. The summed E-state index contributed by atoms with van der Waals surface area (Å²) in [5, 5.41) is 9.62. The van der Waals surface area contributed by atoms with Gasteiger partial charge in [-0.25, -0.2) is 0 Å². The second-order valence-corrected chi connectivity index (χ2v) is 3.66. The molecule has 0 radical (unpaired) electrons. The lowest BCUT2D eigenvalue weighted by atomic mass is 9.98. The molecule has 70 valence electrons. The number of hydrogen-bond donors (Lipinski definition) is 1. The van der Waals surface area contributed by atoms with Gasteiger partial charge >= 0.3 is 0 Å². The summed E-state index contributed by atoms with van der Waals surface area (Å²) in [6.07, 6.45) is 3.83. The minimum absolute atomic E-state index is 0.152. The molecule has 2 nitrogen and oxygen atoms in total. The molecule has 3 atom stereocenters. The van der Waals surface area contributed by atoms with Gasteiger partial charge in [-0.1, -0.05) is 6.08 Å². The Morgan fingerprint density at radius 3 is 2.92 bits per heavy atom. The molecule has 0 saturated carbocycles. The van der Waals surface area contributed by atoms with Gasteiger partial charge < -0.3 is 5.11 Å². The van der Waals surface area contributed by atoms with E-state index in [9.17, 15) is 5.11 Å². The zero-order chi connectivity index (χ0) is 9.14. The standard InChI is InChI=1S/C10H19NO/c1-4-8(2)11-7-5-6-10(12)9(11)3/h4,8-10,12H,1,5-7H2,2-3H3. The zero-order valence-electron chi connectivity index (χ0n) is 8.03. The molecule has 0 spiro atoms. The molecule has 12 heavy (non-hydrogen) atoms. The van der Waals surface area contributed by atoms with Gasteiger partial charge in [-0.3, -0.25) is 4.90 Å². The van der Waals surface area contributed by atoms with Gasteiger partial charge in [0.1, 0.15) is 0 Å². The predicted octanol–water partition coefficient (Wildman–Crippen LogP) is 1.41. The van der Waals surface area contributed by atoms with Crippen LogP contribution in [0.15, 0.2) is 12.7 Å². The van der Waals surface area contributed by atoms with Gasteiger partial charge in [0, 0.05) is 12.1 Å². The summed E-state index contributed by atoms with van der Waals surface area (Å²) in [5.41, 5.74) is 0. The van der Waals surface area contributed by atoms with Crippen LogP contribution >= 0.6 is 0 Å². The van der Waals surface area contributed by atoms with Crippen LogP contribution in [0.4, 0.5) is 0 Å². The van der Waals surface area contributed by atoms with Gasteiger partial charge in [0.25, 0.3) is 0 Å². The highest BCUT2D eigenvalue weighted by Crippen LogP contribution is 2.19. The Balaban J connectivity index is 2.56. The molecule has 1 aliphatic heterocycles. The van der Waals surface area contributed by atoms with Crippen LogP contribution in [0.25, 0.3) is 0 Å². The van der Waals surface area contributed by atoms with Crippen molar-refractivity contribution >= 4 is 0 Å². The van der Waals surface area contributed by atoms with E-state index in [1.807, 2.05) is 6.08 Å². The quantitative estimate of drug-likeness (QED) is 0.632. The molecular formula is C10H19NO. The van der Waals surface area contributed by atoms with Crippen molar-refractivity contribution in [2.24, 2.45) is 0 Å².